The van der Waals surface area contributed by atoms with Crippen LogP contribution in [0.2, 0.25) is 0 Å². The van der Waals surface area contributed by atoms with Gasteiger partial charge in [0.05, 0.1) is 0 Å². The Morgan fingerprint density at radius 3 is 1.83 bits per heavy atom. The smallest absolute Gasteiger partial charge is 0.192 e. The Bertz CT molecular complexity index is 40.5. The lowest BCUT2D eigenvalue weighted by Crippen LogP contribution is -1.81. The van der Waals surface area contributed by atoms with Gasteiger partial charge in [0.2, 0.25) is 0 Å². The van der Waals surface area contributed by atoms with E-state index in [0.717, 1.165) is 6.66 Å². The van der Waals surface area contributed by atoms with E-state index in [1.807, 2.05) is 0 Å². The van der Waals surface area contributed by atoms with Gasteiger partial charge in [-0.2, -0.15) is 9.79 Å². The normalized spacial score (nSPS) is 12.0. The van der Waals surface area contributed by atoms with E-state index in [1.165, 1.54) is 0 Å². The molecule has 0 aliphatic heterocycles. The van der Waals surface area contributed by atoms with E-state index in [2.05, 4.69) is 15.9 Å². The summed E-state index contributed by atoms with van der Waals surface area (Å²) in [4.78, 5) is 16.3. The van der Waals surface area contributed by atoms with Gasteiger partial charge < -0.3 is 0 Å². The van der Waals surface area contributed by atoms with Crippen molar-refractivity contribution in [1.29, 1.82) is 0 Å². The summed E-state index contributed by atoms with van der Waals surface area (Å²) in [5.41, 5.74) is 0. The third-order valence-electron chi connectivity index (χ3n) is 0.131. The molecule has 0 spiro atoms. The van der Waals surface area contributed by atoms with E-state index in [-0.39, 0.29) is 0 Å². The molecule has 3 nitrogen and oxygen atoms in total. The third-order valence-corrected chi connectivity index (χ3v) is 1.18. The van der Waals surface area contributed by atoms with Crippen LogP contribution in [0.3, 0.4) is 0 Å². The first-order chi connectivity index (χ1) is 2.56. The largest absolute Gasteiger partial charge is 0.425 e. The van der Waals surface area contributed by atoms with Crippen LogP contribution < -0.4 is 0 Å². The van der Waals surface area contributed by atoms with E-state index >= 15 is 0 Å². The van der Waals surface area contributed by atoms with E-state index in [4.69, 9.17) is 9.79 Å². The zero-order chi connectivity index (χ0) is 5.21. The van der Waals surface area contributed by atoms with Gasteiger partial charge in [-0.3, -0.25) is 0 Å². The molecule has 0 bridgehead atoms. The van der Waals surface area contributed by atoms with Gasteiger partial charge in [-0.05, 0) is 0 Å². The van der Waals surface area contributed by atoms with Crippen molar-refractivity contribution in [3.8, 4) is 0 Å². The predicted octanol–water partition coefficient (Wildman–Crippen LogP) is 0.534. The van der Waals surface area contributed by atoms with Gasteiger partial charge in [0, 0.05) is 0 Å². The highest BCUT2D eigenvalue weighted by Crippen LogP contribution is 2.47. The summed E-state index contributed by atoms with van der Waals surface area (Å²) in [5, 5.41) is 0. The molecule has 0 unspecified atom stereocenters. The Morgan fingerprint density at radius 1 is 1.67 bits per heavy atom. The van der Waals surface area contributed by atoms with Gasteiger partial charge in [0.15, 0.2) is 0 Å². The molecule has 0 atom stereocenters. The molecule has 0 radical (unpaired) electrons. The molecule has 0 aromatic rings. The maximum absolute atomic E-state index is 8.14. The zero-order valence-electron chi connectivity index (χ0n) is 3.13. The third kappa shape index (κ3) is 4.60. The van der Waals surface area contributed by atoms with Crippen LogP contribution in [0.1, 0.15) is 0 Å². The number of hydrogen-bond donors (Lipinski definition) is 2. The summed E-state index contributed by atoms with van der Waals surface area (Å²) in [6, 6.07) is 0. The van der Waals surface area contributed by atoms with Crippen molar-refractivity contribution < 1.29 is 13.9 Å². The molecule has 0 saturated carbocycles. The molecule has 0 rings (SSSR count). The Balaban J connectivity index is 3.17. The maximum Gasteiger partial charge on any atom is 0.425 e. The highest BCUT2D eigenvalue weighted by Gasteiger charge is 2.26. The molecular formula is CH5ClO3P+. The van der Waals surface area contributed by atoms with Crippen LogP contribution in [0.15, 0.2) is 0 Å². The fraction of sp³-hybridized carbons (Fsp3) is 1.00. The first kappa shape index (κ1) is 6.60. The van der Waals surface area contributed by atoms with Crippen LogP contribution in [0.25, 0.3) is 0 Å². The molecule has 0 fully saturated rings. The Kier molecular flexibility index (Phi) is 2.26. The van der Waals surface area contributed by atoms with Crippen molar-refractivity contribution in [2.75, 3.05) is 6.66 Å². The highest BCUT2D eigenvalue weighted by atomic mass is 35.5. The van der Waals surface area contributed by atoms with E-state index in [1.54, 1.807) is 0 Å². The molecule has 0 saturated heterocycles. The topological polar surface area (TPSA) is 49.7 Å². The van der Waals surface area contributed by atoms with Gasteiger partial charge in [0.1, 0.15) is 18.5 Å². The lowest BCUT2D eigenvalue weighted by atomic mass is 12.0. The second-order valence-electron chi connectivity index (χ2n) is 0.904. The molecule has 0 heterocycles. The van der Waals surface area contributed by atoms with Crippen molar-refractivity contribution in [2.45, 2.75) is 0 Å². The summed E-state index contributed by atoms with van der Waals surface area (Å²) >= 11 is 4.53. The minimum absolute atomic E-state index is 1.11. The molecular weight excluding hydrogens is 126 g/mol. The summed E-state index contributed by atoms with van der Waals surface area (Å²) in [7, 11) is -3.13. The predicted molar refractivity (Wildman–Crippen MR) is 24.2 cm³/mol. The minimum Gasteiger partial charge on any atom is -0.192 e. The van der Waals surface area contributed by atoms with Crippen molar-refractivity contribution >= 4 is 19.8 Å². The maximum atomic E-state index is 8.14. The van der Waals surface area contributed by atoms with Crippen molar-refractivity contribution in [1.82, 2.24) is 0 Å². The van der Waals surface area contributed by atoms with Gasteiger partial charge in [0.25, 0.3) is 0 Å². The molecule has 0 aromatic carbocycles. The summed E-state index contributed by atoms with van der Waals surface area (Å²) in [6.07, 6.45) is 0. The molecule has 0 amide bonds. The Hall–Kier alpha value is 0.600. The first-order valence-corrected chi connectivity index (χ1v) is 3.55. The van der Waals surface area contributed by atoms with Crippen LogP contribution >= 0.6 is 19.8 Å². The van der Waals surface area contributed by atoms with Crippen LogP contribution in [-0.4, -0.2) is 16.5 Å². The van der Waals surface area contributed by atoms with E-state index < -0.39 is 7.94 Å². The number of halogens is 1. The minimum atomic E-state index is -3.13. The highest BCUT2D eigenvalue weighted by molar-refractivity contribution is 7.59. The van der Waals surface area contributed by atoms with E-state index in [0.29, 0.717) is 0 Å². The average molecular weight is 131 g/mol. The summed E-state index contributed by atoms with van der Waals surface area (Å²) < 4.78 is 3.63. The fourth-order valence-corrected chi connectivity index (χ4v) is 0. The van der Waals surface area contributed by atoms with Crippen molar-refractivity contribution in [3.05, 3.63) is 0 Å². The molecule has 6 heavy (non-hydrogen) atoms. The second-order valence-corrected chi connectivity index (χ2v) is 3.13. The van der Waals surface area contributed by atoms with Gasteiger partial charge in [-0.1, -0.05) is 4.08 Å². The van der Waals surface area contributed by atoms with Gasteiger partial charge in [-0.25, -0.2) is 0 Å². The summed E-state index contributed by atoms with van der Waals surface area (Å²) in [6.45, 7) is 1.11. The van der Waals surface area contributed by atoms with Crippen molar-refractivity contribution in [2.24, 2.45) is 0 Å². The molecule has 0 aliphatic rings. The van der Waals surface area contributed by atoms with Crippen LogP contribution in [0.5, 0.6) is 0 Å². The Morgan fingerprint density at radius 2 is 1.83 bits per heavy atom. The molecule has 38 valence electrons. The quantitative estimate of drug-likeness (QED) is 0.511. The van der Waals surface area contributed by atoms with Crippen LogP contribution in [0, 0.1) is 0 Å². The molecule has 2 N–H and O–H groups in total. The van der Waals surface area contributed by atoms with E-state index in [9.17, 15) is 0 Å². The average Bonchev–Trinajstić information content (AvgIpc) is 1.35. The summed E-state index contributed by atoms with van der Waals surface area (Å²) in [5.74, 6) is 0. The number of hydrogen-bond acceptors (Lipinski definition) is 3. The lowest BCUT2D eigenvalue weighted by molar-refractivity contribution is 0.361. The Labute approximate surface area is 41.3 Å². The fourth-order valence-electron chi connectivity index (χ4n) is 0. The number of rotatable bonds is 1. The second kappa shape index (κ2) is 2.05. The monoisotopic (exact) mass is 131 g/mol. The standard InChI is InChI=1S/CH5ClO3P/c1-6(3,4)5-2/h3-4H,1H3/q+1. The van der Waals surface area contributed by atoms with Gasteiger partial charge in [-0.15, -0.1) is 0 Å². The van der Waals surface area contributed by atoms with Gasteiger partial charge >= 0.3 is 7.94 Å². The van der Waals surface area contributed by atoms with Crippen LogP contribution in [-0.2, 0) is 4.08 Å². The molecule has 5 heteroatoms. The molecule has 0 aromatic heterocycles. The lowest BCUT2D eigenvalue weighted by Gasteiger charge is -1.93. The van der Waals surface area contributed by atoms with Crippen molar-refractivity contribution in [3.63, 3.8) is 0 Å². The zero-order valence-corrected chi connectivity index (χ0v) is 4.78. The van der Waals surface area contributed by atoms with Crippen LogP contribution in [0.4, 0.5) is 0 Å². The SMILES string of the molecule is C[P+](O)(O)OCl. The first-order valence-electron chi connectivity index (χ1n) is 1.18. The molecule has 0 aliphatic carbocycles.